The Labute approximate surface area is 104 Å². The van der Waals surface area contributed by atoms with Crippen LogP contribution in [0.1, 0.15) is 12.0 Å². The second-order valence-corrected chi connectivity index (χ2v) is 4.46. The predicted octanol–water partition coefficient (Wildman–Crippen LogP) is 2.02. The number of phenols is 1. The summed E-state index contributed by atoms with van der Waals surface area (Å²) in [6.07, 6.45) is 3.82. The van der Waals surface area contributed by atoms with E-state index in [1.165, 1.54) is 6.21 Å². The Balaban J connectivity index is 2.72. The van der Waals surface area contributed by atoms with E-state index in [1.807, 2.05) is 6.26 Å². The van der Waals surface area contributed by atoms with Gasteiger partial charge in [-0.15, -0.1) is 0 Å². The number of thioether (sulfide) groups is 1. The molecule has 5 heteroatoms. The zero-order valence-electron chi connectivity index (χ0n) is 9.54. The highest BCUT2D eigenvalue weighted by atomic mass is 32.2. The highest BCUT2D eigenvalue weighted by Gasteiger charge is 2.14. The number of carbonyl (C=O) groups is 1. The standard InChI is InChI=1S/C12H15NO3S/c1-17-7-6-10(12(15)16)13-8-9-4-2-3-5-11(9)14/h2-5,8,10,14H,6-7H2,1H3,(H,15,16)/b13-8+. The number of aromatic hydroxyl groups is 1. The third-order valence-corrected chi connectivity index (χ3v) is 2.85. The van der Waals surface area contributed by atoms with Crippen LogP contribution < -0.4 is 0 Å². The zero-order valence-corrected chi connectivity index (χ0v) is 10.4. The van der Waals surface area contributed by atoms with Crippen LogP contribution in [0.3, 0.4) is 0 Å². The molecule has 2 N–H and O–H groups in total. The summed E-state index contributed by atoms with van der Waals surface area (Å²) in [4.78, 5) is 14.9. The summed E-state index contributed by atoms with van der Waals surface area (Å²) in [5.74, 6) is -0.0919. The molecule has 0 fully saturated rings. The monoisotopic (exact) mass is 253 g/mol. The van der Waals surface area contributed by atoms with Gasteiger partial charge in [-0.05, 0) is 30.6 Å². The Hall–Kier alpha value is -1.49. The van der Waals surface area contributed by atoms with Gasteiger partial charge in [-0.25, -0.2) is 4.79 Å². The molecule has 4 nitrogen and oxygen atoms in total. The minimum Gasteiger partial charge on any atom is -0.507 e. The molecule has 0 saturated carbocycles. The second-order valence-electron chi connectivity index (χ2n) is 3.47. The number of phenolic OH excluding ortho intramolecular Hbond substituents is 1. The summed E-state index contributed by atoms with van der Waals surface area (Å²) in [6, 6.07) is 5.95. The maximum Gasteiger partial charge on any atom is 0.328 e. The molecule has 0 aliphatic heterocycles. The van der Waals surface area contributed by atoms with E-state index in [2.05, 4.69) is 4.99 Å². The molecule has 1 aromatic carbocycles. The predicted molar refractivity (Wildman–Crippen MR) is 70.1 cm³/mol. The number of rotatable bonds is 6. The number of aliphatic carboxylic acids is 1. The zero-order chi connectivity index (χ0) is 12.7. The van der Waals surface area contributed by atoms with Crippen molar-refractivity contribution in [1.82, 2.24) is 0 Å². The molecule has 0 radical (unpaired) electrons. The summed E-state index contributed by atoms with van der Waals surface area (Å²) >= 11 is 1.59. The number of benzene rings is 1. The van der Waals surface area contributed by atoms with Gasteiger partial charge in [0.2, 0.25) is 0 Å². The van der Waals surface area contributed by atoms with E-state index in [4.69, 9.17) is 5.11 Å². The molecular formula is C12H15NO3S. The third-order valence-electron chi connectivity index (χ3n) is 2.21. The highest BCUT2D eigenvalue weighted by Crippen LogP contribution is 2.13. The molecule has 0 spiro atoms. The Morgan fingerprint density at radius 1 is 1.53 bits per heavy atom. The molecule has 0 aromatic heterocycles. The summed E-state index contributed by atoms with van der Waals surface area (Å²) in [7, 11) is 0. The van der Waals surface area contributed by atoms with Gasteiger partial charge < -0.3 is 10.2 Å². The van der Waals surface area contributed by atoms with Gasteiger partial charge in [0.15, 0.2) is 0 Å². The van der Waals surface area contributed by atoms with Crippen LogP contribution in [0.5, 0.6) is 5.75 Å². The van der Waals surface area contributed by atoms with Crippen LogP contribution >= 0.6 is 11.8 Å². The molecular weight excluding hydrogens is 238 g/mol. The lowest BCUT2D eigenvalue weighted by Crippen LogP contribution is -2.18. The maximum atomic E-state index is 10.9. The molecule has 1 unspecified atom stereocenters. The van der Waals surface area contributed by atoms with Gasteiger partial charge >= 0.3 is 5.97 Å². The van der Waals surface area contributed by atoms with E-state index in [0.29, 0.717) is 12.0 Å². The van der Waals surface area contributed by atoms with E-state index in [0.717, 1.165) is 5.75 Å². The maximum absolute atomic E-state index is 10.9. The van der Waals surface area contributed by atoms with Crippen molar-refractivity contribution in [3.05, 3.63) is 29.8 Å². The fourth-order valence-corrected chi connectivity index (χ4v) is 1.72. The van der Waals surface area contributed by atoms with Crippen molar-refractivity contribution in [2.24, 2.45) is 4.99 Å². The number of hydrogen-bond acceptors (Lipinski definition) is 4. The Morgan fingerprint density at radius 2 is 2.24 bits per heavy atom. The van der Waals surface area contributed by atoms with Gasteiger partial charge in [-0.3, -0.25) is 4.99 Å². The lowest BCUT2D eigenvalue weighted by atomic mass is 10.2. The number of carboxylic acids is 1. The number of hydrogen-bond donors (Lipinski definition) is 2. The number of para-hydroxylation sites is 1. The van der Waals surface area contributed by atoms with Gasteiger partial charge in [0.1, 0.15) is 11.8 Å². The van der Waals surface area contributed by atoms with Gasteiger partial charge in [-0.1, -0.05) is 12.1 Å². The summed E-state index contributed by atoms with van der Waals surface area (Å²) < 4.78 is 0. The average Bonchev–Trinajstić information content (AvgIpc) is 2.31. The fraction of sp³-hybridized carbons (Fsp3) is 0.333. The molecule has 0 aliphatic rings. The van der Waals surface area contributed by atoms with Crippen molar-refractivity contribution >= 4 is 23.9 Å². The van der Waals surface area contributed by atoms with Crippen LogP contribution in [-0.4, -0.2) is 40.4 Å². The normalized spacial score (nSPS) is 12.8. The molecule has 0 saturated heterocycles. The first kappa shape index (κ1) is 13.6. The molecule has 92 valence electrons. The summed E-state index contributed by atoms with van der Waals surface area (Å²) in [6.45, 7) is 0. The molecule has 0 amide bonds. The largest absolute Gasteiger partial charge is 0.507 e. The van der Waals surface area contributed by atoms with Crippen molar-refractivity contribution in [2.75, 3.05) is 12.0 Å². The molecule has 1 atom stereocenters. The number of nitrogens with zero attached hydrogens (tertiary/aromatic N) is 1. The average molecular weight is 253 g/mol. The number of aliphatic imine (C=N–C) groups is 1. The van der Waals surface area contributed by atoms with Crippen molar-refractivity contribution in [3.8, 4) is 5.75 Å². The van der Waals surface area contributed by atoms with Crippen LogP contribution in [0, 0.1) is 0 Å². The summed E-state index contributed by atoms with van der Waals surface area (Å²) in [5.41, 5.74) is 0.530. The van der Waals surface area contributed by atoms with Crippen molar-refractivity contribution in [3.63, 3.8) is 0 Å². The van der Waals surface area contributed by atoms with E-state index in [1.54, 1.807) is 36.0 Å². The van der Waals surface area contributed by atoms with Crippen LogP contribution in [0.15, 0.2) is 29.3 Å². The first-order valence-corrected chi connectivity index (χ1v) is 6.57. The quantitative estimate of drug-likeness (QED) is 0.761. The Kier molecular flexibility index (Phi) is 5.56. The Morgan fingerprint density at radius 3 is 2.82 bits per heavy atom. The van der Waals surface area contributed by atoms with Crippen molar-refractivity contribution < 1.29 is 15.0 Å². The SMILES string of the molecule is CSCCC(/N=C/c1ccccc1O)C(=O)O. The van der Waals surface area contributed by atoms with Crippen LogP contribution in [0.4, 0.5) is 0 Å². The number of carboxylic acid groups (broad SMARTS) is 1. The van der Waals surface area contributed by atoms with Gasteiger partial charge in [-0.2, -0.15) is 11.8 Å². The molecule has 1 rings (SSSR count). The van der Waals surface area contributed by atoms with Crippen LogP contribution in [0.2, 0.25) is 0 Å². The van der Waals surface area contributed by atoms with Crippen LogP contribution in [0.25, 0.3) is 0 Å². The summed E-state index contributed by atoms with van der Waals surface area (Å²) in [5, 5.41) is 18.5. The molecule has 17 heavy (non-hydrogen) atoms. The molecule has 0 bridgehead atoms. The fourth-order valence-electron chi connectivity index (χ4n) is 1.26. The van der Waals surface area contributed by atoms with E-state index < -0.39 is 12.0 Å². The van der Waals surface area contributed by atoms with Crippen molar-refractivity contribution in [2.45, 2.75) is 12.5 Å². The molecule has 0 heterocycles. The first-order chi connectivity index (χ1) is 8.15. The van der Waals surface area contributed by atoms with Gasteiger partial charge in [0.25, 0.3) is 0 Å². The Bertz CT molecular complexity index is 406. The minimum atomic E-state index is -0.939. The van der Waals surface area contributed by atoms with Gasteiger partial charge in [0.05, 0.1) is 0 Å². The van der Waals surface area contributed by atoms with E-state index in [9.17, 15) is 9.90 Å². The first-order valence-electron chi connectivity index (χ1n) is 5.18. The minimum absolute atomic E-state index is 0.102. The topological polar surface area (TPSA) is 69.9 Å². The highest BCUT2D eigenvalue weighted by molar-refractivity contribution is 7.98. The smallest absolute Gasteiger partial charge is 0.328 e. The lowest BCUT2D eigenvalue weighted by molar-refractivity contribution is -0.138. The van der Waals surface area contributed by atoms with Crippen LogP contribution in [-0.2, 0) is 4.79 Å². The lowest BCUT2D eigenvalue weighted by Gasteiger charge is -2.05. The van der Waals surface area contributed by atoms with Gasteiger partial charge in [0, 0.05) is 11.8 Å². The third kappa shape index (κ3) is 4.48. The van der Waals surface area contributed by atoms with E-state index in [-0.39, 0.29) is 5.75 Å². The van der Waals surface area contributed by atoms with Crippen molar-refractivity contribution in [1.29, 1.82) is 0 Å². The van der Waals surface area contributed by atoms with E-state index >= 15 is 0 Å². The second kappa shape index (κ2) is 6.96. The molecule has 0 aliphatic carbocycles. The molecule has 1 aromatic rings.